The Morgan fingerprint density at radius 1 is 0.647 bits per heavy atom. The van der Waals surface area contributed by atoms with Crippen LogP contribution in [0.1, 0.15) is 60.8 Å². The standard InChI is InChI=1S/C28H36N4O2/c33-27(31-25-12-10-21-6-2-8-23(21)15-25)29-17-19-4-1-5-20(14-19)18-30-28(34)32-26-13-11-22-7-3-9-24(22)16-26/h10-13,15-16,19-20H,1-9,14,17-18H2,(H2,29,31,33)(H2,30,32,34)/t19-,20-/m0/s1. The number of urea groups is 2. The zero-order chi connectivity index (χ0) is 23.3. The highest BCUT2D eigenvalue weighted by atomic mass is 16.2. The number of hydrogen-bond acceptors (Lipinski definition) is 2. The summed E-state index contributed by atoms with van der Waals surface area (Å²) in [5.74, 6) is 0.900. The van der Waals surface area contributed by atoms with Gasteiger partial charge in [0.15, 0.2) is 0 Å². The predicted octanol–water partition coefficient (Wildman–Crippen LogP) is 5.41. The Morgan fingerprint density at radius 3 is 1.62 bits per heavy atom. The van der Waals surface area contributed by atoms with Gasteiger partial charge in [0, 0.05) is 24.5 Å². The van der Waals surface area contributed by atoms with Crippen LogP contribution in [0.5, 0.6) is 0 Å². The van der Waals surface area contributed by atoms with Gasteiger partial charge in [-0.3, -0.25) is 0 Å². The molecule has 4 amide bonds. The molecule has 2 atom stereocenters. The maximum absolute atomic E-state index is 12.4. The fourth-order valence-corrected chi connectivity index (χ4v) is 5.90. The van der Waals surface area contributed by atoms with Gasteiger partial charge >= 0.3 is 12.1 Å². The van der Waals surface area contributed by atoms with Crippen molar-refractivity contribution in [3.8, 4) is 0 Å². The van der Waals surface area contributed by atoms with Crippen LogP contribution < -0.4 is 21.3 Å². The first-order chi connectivity index (χ1) is 16.6. The van der Waals surface area contributed by atoms with Gasteiger partial charge in [-0.2, -0.15) is 0 Å². The van der Waals surface area contributed by atoms with Crippen LogP contribution in [-0.2, 0) is 25.7 Å². The Balaban J connectivity index is 1.02. The van der Waals surface area contributed by atoms with E-state index in [0.29, 0.717) is 24.9 Å². The Bertz CT molecular complexity index is 969. The van der Waals surface area contributed by atoms with Gasteiger partial charge in [0.05, 0.1) is 0 Å². The molecule has 1 fully saturated rings. The molecule has 5 rings (SSSR count). The number of amides is 4. The van der Waals surface area contributed by atoms with Crippen LogP contribution in [0.2, 0.25) is 0 Å². The lowest BCUT2D eigenvalue weighted by molar-refractivity contribution is 0.230. The summed E-state index contributed by atoms with van der Waals surface area (Å²) >= 11 is 0. The van der Waals surface area contributed by atoms with E-state index in [1.807, 2.05) is 12.1 Å². The Hall–Kier alpha value is -3.02. The molecule has 0 unspecified atom stereocenters. The van der Waals surface area contributed by atoms with Crippen LogP contribution in [0.3, 0.4) is 0 Å². The van der Waals surface area contributed by atoms with Crippen molar-refractivity contribution in [1.29, 1.82) is 0 Å². The molecule has 0 aliphatic heterocycles. The minimum atomic E-state index is -0.132. The van der Waals surface area contributed by atoms with Crippen LogP contribution in [-0.4, -0.2) is 25.2 Å². The summed E-state index contributed by atoms with van der Waals surface area (Å²) in [6.45, 7) is 1.35. The van der Waals surface area contributed by atoms with E-state index in [0.717, 1.165) is 62.7 Å². The van der Waals surface area contributed by atoms with E-state index in [1.54, 1.807) is 0 Å². The van der Waals surface area contributed by atoms with E-state index < -0.39 is 0 Å². The molecule has 0 saturated heterocycles. The van der Waals surface area contributed by atoms with E-state index in [-0.39, 0.29) is 12.1 Å². The number of anilines is 2. The highest BCUT2D eigenvalue weighted by Gasteiger charge is 2.23. The molecule has 0 spiro atoms. The van der Waals surface area contributed by atoms with Crippen molar-refractivity contribution in [2.24, 2.45) is 11.8 Å². The lowest BCUT2D eigenvalue weighted by Gasteiger charge is -2.29. The molecule has 34 heavy (non-hydrogen) atoms. The third-order valence-electron chi connectivity index (χ3n) is 7.71. The lowest BCUT2D eigenvalue weighted by Crippen LogP contribution is -2.38. The molecule has 0 aromatic heterocycles. The third kappa shape index (κ3) is 5.72. The molecule has 6 heteroatoms. The van der Waals surface area contributed by atoms with Crippen LogP contribution >= 0.6 is 0 Å². The summed E-state index contributed by atoms with van der Waals surface area (Å²) in [6, 6.07) is 12.2. The molecule has 0 radical (unpaired) electrons. The summed E-state index contributed by atoms with van der Waals surface area (Å²) in [5, 5.41) is 12.1. The summed E-state index contributed by atoms with van der Waals surface area (Å²) < 4.78 is 0. The molecule has 3 aliphatic rings. The molecule has 2 aromatic rings. The fourth-order valence-electron chi connectivity index (χ4n) is 5.90. The van der Waals surface area contributed by atoms with Crippen molar-refractivity contribution in [1.82, 2.24) is 10.6 Å². The summed E-state index contributed by atoms with van der Waals surface area (Å²) in [4.78, 5) is 24.8. The lowest BCUT2D eigenvalue weighted by atomic mass is 9.81. The average Bonchev–Trinajstić information content (AvgIpc) is 3.50. The summed E-state index contributed by atoms with van der Waals surface area (Å²) in [7, 11) is 0. The van der Waals surface area contributed by atoms with Gasteiger partial charge in [-0.05, 0) is 116 Å². The number of nitrogens with one attached hydrogen (secondary N) is 4. The normalized spacial score (nSPS) is 20.8. The van der Waals surface area contributed by atoms with E-state index in [4.69, 9.17) is 0 Å². The van der Waals surface area contributed by atoms with Crippen LogP contribution in [0, 0.1) is 11.8 Å². The van der Waals surface area contributed by atoms with Gasteiger partial charge in [0.2, 0.25) is 0 Å². The third-order valence-corrected chi connectivity index (χ3v) is 7.71. The Morgan fingerprint density at radius 2 is 1.12 bits per heavy atom. The van der Waals surface area contributed by atoms with Gasteiger partial charge in [0.1, 0.15) is 0 Å². The largest absolute Gasteiger partial charge is 0.338 e. The van der Waals surface area contributed by atoms with Crippen molar-refractivity contribution in [3.05, 3.63) is 58.7 Å². The first-order valence-electron chi connectivity index (χ1n) is 13.0. The number of benzene rings is 2. The van der Waals surface area contributed by atoms with E-state index >= 15 is 0 Å². The monoisotopic (exact) mass is 460 g/mol. The van der Waals surface area contributed by atoms with Gasteiger partial charge in [-0.25, -0.2) is 9.59 Å². The molecule has 2 aromatic carbocycles. The molecule has 0 bridgehead atoms. The molecular weight excluding hydrogens is 424 g/mol. The number of aryl methyl sites for hydroxylation is 4. The minimum Gasteiger partial charge on any atom is -0.338 e. The quantitative estimate of drug-likeness (QED) is 0.465. The van der Waals surface area contributed by atoms with Crippen molar-refractivity contribution >= 4 is 23.4 Å². The van der Waals surface area contributed by atoms with Crippen LogP contribution in [0.15, 0.2) is 36.4 Å². The topological polar surface area (TPSA) is 82.3 Å². The Labute approximate surface area is 202 Å². The fraction of sp³-hybridized carbons (Fsp3) is 0.500. The summed E-state index contributed by atoms with van der Waals surface area (Å²) in [6.07, 6.45) is 11.3. The number of hydrogen-bond donors (Lipinski definition) is 4. The zero-order valence-electron chi connectivity index (χ0n) is 19.9. The molecule has 1 saturated carbocycles. The average molecular weight is 461 g/mol. The van der Waals surface area contributed by atoms with Gasteiger partial charge in [-0.1, -0.05) is 18.6 Å². The maximum atomic E-state index is 12.4. The molecular formula is C28H36N4O2. The minimum absolute atomic E-state index is 0.132. The number of carbonyl (C=O) groups is 2. The zero-order valence-corrected chi connectivity index (χ0v) is 19.9. The van der Waals surface area contributed by atoms with E-state index in [2.05, 4.69) is 45.5 Å². The molecule has 3 aliphatic carbocycles. The second-order valence-corrected chi connectivity index (χ2v) is 10.2. The van der Waals surface area contributed by atoms with Crippen molar-refractivity contribution in [2.75, 3.05) is 23.7 Å². The smallest absolute Gasteiger partial charge is 0.319 e. The molecule has 0 heterocycles. The van der Waals surface area contributed by atoms with E-state index in [9.17, 15) is 9.59 Å². The SMILES string of the molecule is O=C(NC[C@H]1CCC[C@H](CNC(=O)Nc2ccc3c(c2)CCC3)C1)Nc1ccc2c(c1)CCC2. The van der Waals surface area contributed by atoms with Gasteiger partial charge in [0.25, 0.3) is 0 Å². The number of carbonyl (C=O) groups excluding carboxylic acids is 2. The molecule has 180 valence electrons. The van der Waals surface area contributed by atoms with Crippen molar-refractivity contribution < 1.29 is 9.59 Å². The van der Waals surface area contributed by atoms with E-state index in [1.165, 1.54) is 35.1 Å². The number of fused-ring (bicyclic) bond motifs is 2. The van der Waals surface area contributed by atoms with Gasteiger partial charge < -0.3 is 21.3 Å². The van der Waals surface area contributed by atoms with Crippen molar-refractivity contribution in [3.63, 3.8) is 0 Å². The summed E-state index contributed by atoms with van der Waals surface area (Å²) in [5.41, 5.74) is 7.29. The molecule has 4 N–H and O–H groups in total. The second kappa shape index (κ2) is 10.5. The predicted molar refractivity (Wildman–Crippen MR) is 136 cm³/mol. The highest BCUT2D eigenvalue weighted by Crippen LogP contribution is 2.29. The first kappa shape index (κ1) is 22.8. The van der Waals surface area contributed by atoms with Crippen LogP contribution in [0.25, 0.3) is 0 Å². The number of rotatable bonds is 6. The Kier molecular flexibility index (Phi) is 7.02. The highest BCUT2D eigenvalue weighted by molar-refractivity contribution is 5.90. The first-order valence-corrected chi connectivity index (χ1v) is 13.0. The van der Waals surface area contributed by atoms with Crippen molar-refractivity contribution in [2.45, 2.75) is 64.2 Å². The van der Waals surface area contributed by atoms with Gasteiger partial charge in [-0.15, -0.1) is 0 Å². The second-order valence-electron chi connectivity index (χ2n) is 10.2. The maximum Gasteiger partial charge on any atom is 0.319 e. The molecule has 6 nitrogen and oxygen atoms in total. The van der Waals surface area contributed by atoms with Crippen LogP contribution in [0.4, 0.5) is 21.0 Å².